The van der Waals surface area contributed by atoms with Crippen LogP contribution in [0.25, 0.3) is 0 Å². The highest BCUT2D eigenvalue weighted by Gasteiger charge is 2.78. The summed E-state index contributed by atoms with van der Waals surface area (Å²) >= 11 is 16.1. The lowest BCUT2D eigenvalue weighted by atomic mass is 10.2. The van der Waals surface area contributed by atoms with Gasteiger partial charge in [-0.25, -0.2) is 0 Å². The summed E-state index contributed by atoms with van der Waals surface area (Å²) in [6.07, 6.45) is 0. The minimum atomic E-state index is -2.81. The first-order valence-corrected chi connectivity index (χ1v) is 20.2. The molecule has 0 aromatic heterocycles. The highest BCUT2D eigenvalue weighted by atomic mass is 35.6. The second kappa shape index (κ2) is 8.22. The number of nitrogens with zero attached hydrogens (tertiary/aromatic N) is 4. The predicted molar refractivity (Wildman–Crippen MR) is 156 cm³/mol. The van der Waals surface area contributed by atoms with Gasteiger partial charge in [-0.15, -0.1) is 22.2 Å². The first-order valence-electron chi connectivity index (χ1n) is 12.4. The standard InChI is InChI=1S/C24H54Cl2N4Si3/c1-19(2,3)31(25,20(4,5)6)29-27-28-30(32(26,21(7,8)9)22(10,11)12)33(29,23(13,14)15)24(16,17)18/h1-18H3. The summed E-state index contributed by atoms with van der Waals surface area (Å²) < 4.78 is 4.90. The van der Waals surface area contributed by atoms with E-state index in [1.165, 1.54) is 0 Å². The Balaban J connectivity index is 4.35. The zero-order valence-corrected chi connectivity index (χ0v) is 29.6. The fourth-order valence-corrected chi connectivity index (χ4v) is 34.4. The third-order valence-corrected chi connectivity index (χ3v) is 34.9. The van der Waals surface area contributed by atoms with Crippen molar-refractivity contribution in [3.63, 3.8) is 0 Å². The molecule has 0 radical (unpaired) electrons. The fourth-order valence-electron chi connectivity index (χ4n) is 6.78. The second-order valence-corrected chi connectivity index (χ2v) is 34.9. The summed E-state index contributed by atoms with van der Waals surface area (Å²) in [5.41, 5.74) is 0. The van der Waals surface area contributed by atoms with E-state index >= 15 is 0 Å². The van der Waals surface area contributed by atoms with Crippen LogP contribution in [0, 0.1) is 0 Å². The van der Waals surface area contributed by atoms with Gasteiger partial charge in [0.2, 0.25) is 0 Å². The summed E-state index contributed by atoms with van der Waals surface area (Å²) in [6.45, 7) is 41.7. The lowest BCUT2D eigenvalue weighted by molar-refractivity contribution is 0.423. The summed E-state index contributed by atoms with van der Waals surface area (Å²) in [7, 11) is -8.38. The van der Waals surface area contributed by atoms with Crippen LogP contribution in [0.15, 0.2) is 10.4 Å². The van der Waals surface area contributed by atoms with E-state index in [1.54, 1.807) is 0 Å². The maximum Gasteiger partial charge on any atom is 0.297 e. The van der Waals surface area contributed by atoms with E-state index in [0.717, 1.165) is 0 Å². The number of hydrogen-bond acceptors (Lipinski definition) is 4. The largest absolute Gasteiger partial charge is 0.297 e. The molecule has 1 heterocycles. The van der Waals surface area contributed by atoms with Crippen molar-refractivity contribution in [3.05, 3.63) is 0 Å². The summed E-state index contributed by atoms with van der Waals surface area (Å²) in [4.78, 5) is 0. The van der Waals surface area contributed by atoms with E-state index < -0.39 is 23.5 Å². The third kappa shape index (κ3) is 4.31. The molecule has 1 rings (SSSR count). The molecule has 0 N–H and O–H groups in total. The number of hydrogen-bond donors (Lipinski definition) is 0. The maximum atomic E-state index is 8.03. The van der Waals surface area contributed by atoms with Gasteiger partial charge in [-0.05, 0) is 30.2 Å². The van der Waals surface area contributed by atoms with Crippen LogP contribution in [0.4, 0.5) is 0 Å². The molecule has 0 saturated heterocycles. The zero-order chi connectivity index (χ0) is 27.1. The minimum absolute atomic E-state index is 0.109. The Morgan fingerprint density at radius 1 is 0.455 bits per heavy atom. The summed E-state index contributed by atoms with van der Waals surface area (Å²) in [5.74, 6) is 0. The normalized spacial score (nSPS) is 19.5. The molecule has 9 heteroatoms. The van der Waals surface area contributed by atoms with E-state index in [1.807, 2.05) is 0 Å². The van der Waals surface area contributed by atoms with E-state index in [2.05, 4.69) is 133 Å². The van der Waals surface area contributed by atoms with Crippen LogP contribution >= 0.6 is 22.2 Å². The van der Waals surface area contributed by atoms with Crippen LogP contribution in [0.5, 0.6) is 0 Å². The van der Waals surface area contributed by atoms with Crippen molar-refractivity contribution in [2.75, 3.05) is 0 Å². The minimum Gasteiger partial charge on any atom is -0.293 e. The van der Waals surface area contributed by atoms with Crippen LogP contribution in [0.1, 0.15) is 125 Å². The molecule has 0 saturated carbocycles. The molecule has 1 aliphatic rings. The van der Waals surface area contributed by atoms with Crippen molar-refractivity contribution in [1.82, 2.24) is 8.68 Å². The predicted octanol–water partition coefficient (Wildman–Crippen LogP) is 10.5. The molecule has 0 amide bonds. The zero-order valence-electron chi connectivity index (χ0n) is 25.0. The Labute approximate surface area is 219 Å². The van der Waals surface area contributed by atoms with Crippen molar-refractivity contribution < 1.29 is 0 Å². The lowest BCUT2D eigenvalue weighted by Crippen LogP contribution is -2.82. The lowest BCUT2D eigenvalue weighted by Gasteiger charge is -2.66. The highest BCUT2D eigenvalue weighted by molar-refractivity contribution is 7.28. The second-order valence-electron chi connectivity index (χ2n) is 16.2. The molecule has 196 valence electrons. The van der Waals surface area contributed by atoms with Crippen LogP contribution in [0.2, 0.25) is 30.2 Å². The molecule has 0 aromatic carbocycles. The van der Waals surface area contributed by atoms with E-state index in [-0.39, 0.29) is 30.2 Å². The smallest absolute Gasteiger partial charge is 0.293 e. The summed E-state index contributed by atoms with van der Waals surface area (Å²) in [6, 6.07) is 0. The SMILES string of the molecule is CC(C)(C)[Si](Cl)(N1N=NN([Si](Cl)(C(C)(C)C)C(C)(C)C)[Si]1(C(C)(C)C)C(C)(C)C)C(C)(C)C. The van der Waals surface area contributed by atoms with Crippen LogP contribution < -0.4 is 0 Å². The van der Waals surface area contributed by atoms with Gasteiger partial charge in [-0.3, -0.25) is 8.68 Å². The maximum absolute atomic E-state index is 8.03. The van der Waals surface area contributed by atoms with Gasteiger partial charge in [0.25, 0.3) is 23.5 Å². The topological polar surface area (TPSA) is 31.2 Å². The first kappa shape index (κ1) is 31.5. The van der Waals surface area contributed by atoms with Crippen LogP contribution in [-0.2, 0) is 0 Å². The van der Waals surface area contributed by atoms with Gasteiger partial charge in [-0.1, -0.05) is 135 Å². The molecule has 0 unspecified atom stereocenters. The first-order chi connectivity index (χ1) is 14.0. The van der Waals surface area contributed by atoms with Crippen LogP contribution in [0.3, 0.4) is 0 Å². The van der Waals surface area contributed by atoms with Gasteiger partial charge < -0.3 is 0 Å². The Hall–Kier alpha value is 0.431. The summed E-state index contributed by atoms with van der Waals surface area (Å²) in [5, 5.41) is 9.52. The average molecular weight is 554 g/mol. The van der Waals surface area contributed by atoms with Crippen molar-refractivity contribution in [2.24, 2.45) is 10.4 Å². The van der Waals surface area contributed by atoms with Gasteiger partial charge in [0.15, 0.2) is 0 Å². The molecule has 0 aromatic rings. The van der Waals surface area contributed by atoms with E-state index in [4.69, 9.17) is 32.6 Å². The van der Waals surface area contributed by atoms with Gasteiger partial charge in [0.1, 0.15) is 0 Å². The number of halogens is 2. The average Bonchev–Trinajstić information content (AvgIpc) is 2.89. The van der Waals surface area contributed by atoms with Gasteiger partial charge in [0, 0.05) is 0 Å². The monoisotopic (exact) mass is 552 g/mol. The number of rotatable bonds is 2. The third-order valence-electron chi connectivity index (χ3n) is 7.48. The Morgan fingerprint density at radius 2 is 0.636 bits per heavy atom. The molecular formula is C24H54Cl2N4Si3. The molecule has 0 aliphatic carbocycles. The Morgan fingerprint density at radius 3 is 0.758 bits per heavy atom. The molecule has 0 bridgehead atoms. The van der Waals surface area contributed by atoms with Crippen molar-refractivity contribution in [2.45, 2.75) is 155 Å². The van der Waals surface area contributed by atoms with Crippen molar-refractivity contribution >= 4 is 45.6 Å². The molecular weight excluding hydrogens is 499 g/mol. The van der Waals surface area contributed by atoms with Crippen molar-refractivity contribution in [1.29, 1.82) is 0 Å². The van der Waals surface area contributed by atoms with E-state index in [9.17, 15) is 0 Å². The molecule has 0 spiro atoms. The Kier molecular flexibility index (Phi) is 7.84. The quantitative estimate of drug-likeness (QED) is 0.251. The van der Waals surface area contributed by atoms with E-state index in [0.29, 0.717) is 0 Å². The van der Waals surface area contributed by atoms with Gasteiger partial charge in [0.05, 0.1) is 0 Å². The molecule has 4 nitrogen and oxygen atoms in total. The highest BCUT2D eigenvalue weighted by Crippen LogP contribution is 2.69. The Bertz CT molecular complexity index is 666. The molecule has 33 heavy (non-hydrogen) atoms. The fraction of sp³-hybridized carbons (Fsp3) is 1.00. The van der Waals surface area contributed by atoms with Crippen molar-refractivity contribution in [3.8, 4) is 0 Å². The van der Waals surface area contributed by atoms with Crippen LogP contribution in [-0.4, -0.2) is 32.2 Å². The van der Waals surface area contributed by atoms with Gasteiger partial charge in [-0.2, -0.15) is 0 Å². The molecule has 0 fully saturated rings. The molecule has 1 aliphatic heterocycles. The van der Waals surface area contributed by atoms with Gasteiger partial charge >= 0.3 is 0 Å². The molecule has 0 atom stereocenters.